The Morgan fingerprint density at radius 3 is 1.33 bits per heavy atom. The molecule has 54 heavy (non-hydrogen) atoms. The Kier molecular flexibility index (Phi) is 12.7. The van der Waals surface area contributed by atoms with Crippen LogP contribution in [-0.4, -0.2) is 16.3 Å². The third-order valence-electron chi connectivity index (χ3n) is 11.7. The SMILES string of the molecule is CCCC1=Cc2c(-c3ccccc3CC)cccc2[CH]1[Zr]([Cl])([Cl])([B](NC(=O)CC)NC(=O)CC)[CH]1C(CCC)=Cc2c(-c3ccccc3CC)cccc21. The number of amides is 2. The fourth-order valence-corrected chi connectivity index (χ4v) is 30.0. The van der Waals surface area contributed by atoms with E-state index in [1.54, 1.807) is 0 Å². The molecular formula is C46H54BCl2N2O2Zr. The van der Waals surface area contributed by atoms with Crippen LogP contribution in [0.25, 0.3) is 34.4 Å². The summed E-state index contributed by atoms with van der Waals surface area (Å²) in [6.45, 7) is 12.4. The van der Waals surface area contributed by atoms with Crippen LogP contribution >= 0.6 is 17.0 Å². The number of allylic oxidation sites excluding steroid dienone is 2. The molecule has 2 aliphatic rings. The molecule has 281 valence electrons. The second-order valence-corrected chi connectivity index (χ2v) is 36.4. The van der Waals surface area contributed by atoms with Gasteiger partial charge in [-0.25, -0.2) is 0 Å². The molecule has 2 atom stereocenters. The minimum atomic E-state index is -5.96. The van der Waals surface area contributed by atoms with Crippen LogP contribution in [0.15, 0.2) is 96.1 Å². The summed E-state index contributed by atoms with van der Waals surface area (Å²) in [5, 5.41) is 6.57. The van der Waals surface area contributed by atoms with Gasteiger partial charge < -0.3 is 0 Å². The number of carbonyl (C=O) groups is 2. The number of halogens is 2. The zero-order chi connectivity index (χ0) is 38.6. The predicted molar refractivity (Wildman–Crippen MR) is 228 cm³/mol. The zero-order valence-electron chi connectivity index (χ0n) is 32.7. The van der Waals surface area contributed by atoms with E-state index < -0.39 is 20.7 Å². The van der Waals surface area contributed by atoms with Gasteiger partial charge in [0.25, 0.3) is 0 Å². The van der Waals surface area contributed by atoms with Gasteiger partial charge in [0.2, 0.25) is 0 Å². The van der Waals surface area contributed by atoms with Gasteiger partial charge in [-0.3, -0.25) is 0 Å². The van der Waals surface area contributed by atoms with E-state index in [0.29, 0.717) is 0 Å². The van der Waals surface area contributed by atoms with E-state index in [0.717, 1.165) is 71.9 Å². The van der Waals surface area contributed by atoms with Gasteiger partial charge in [-0.05, 0) is 0 Å². The molecule has 0 fully saturated rings. The predicted octanol–water partition coefficient (Wildman–Crippen LogP) is 12.4. The van der Waals surface area contributed by atoms with E-state index in [4.69, 9.17) is 17.0 Å². The van der Waals surface area contributed by atoms with Crippen LogP contribution in [0.1, 0.15) is 121 Å². The first-order valence-electron chi connectivity index (χ1n) is 20.0. The first kappa shape index (κ1) is 40.5. The van der Waals surface area contributed by atoms with Crippen LogP contribution in [0.5, 0.6) is 0 Å². The number of benzene rings is 4. The van der Waals surface area contributed by atoms with Gasteiger partial charge in [-0.15, -0.1) is 0 Å². The van der Waals surface area contributed by atoms with E-state index in [9.17, 15) is 9.59 Å². The number of hydrogen-bond acceptors (Lipinski definition) is 2. The van der Waals surface area contributed by atoms with Crippen LogP contribution in [-0.2, 0) is 38.6 Å². The molecule has 4 nitrogen and oxygen atoms in total. The molecular weight excluding hydrogens is 785 g/mol. The minimum absolute atomic E-state index is 0.187. The van der Waals surface area contributed by atoms with Gasteiger partial charge in [0.1, 0.15) is 0 Å². The topological polar surface area (TPSA) is 58.2 Å². The third-order valence-corrected chi connectivity index (χ3v) is 31.6. The first-order valence-corrected chi connectivity index (χ1v) is 30.6. The molecule has 0 radical (unpaired) electrons. The number of fused-ring (bicyclic) bond motifs is 2. The molecule has 0 aliphatic heterocycles. The van der Waals surface area contributed by atoms with Crippen LogP contribution in [0.4, 0.5) is 0 Å². The normalized spacial score (nSPS) is 16.8. The second-order valence-electron chi connectivity index (χ2n) is 14.9. The molecule has 0 bridgehead atoms. The average molecular weight is 840 g/mol. The van der Waals surface area contributed by atoms with Crippen molar-refractivity contribution in [3.05, 3.63) is 129 Å². The van der Waals surface area contributed by atoms with Gasteiger partial charge in [-0.2, -0.15) is 0 Å². The molecule has 0 spiro atoms. The standard InChI is InChI=1S/2C20H21.C6H11BN2O2.2ClH.Zr/c2*1-3-8-15-13-17-10-7-12-19(20(17)14-15)18-11-6-5-9-16(18)4-2;1-3-5(10)8-7-9-6(11)4-2;;;/h2*5-7,9-14H,3-4,8H2,1-2H3;3-4H2,1-2H3,(H-,8,9,10,11);2*1H;/q;;;;;+1/p-1. The molecule has 0 saturated carbocycles. The Balaban J connectivity index is 1.71. The van der Waals surface area contributed by atoms with Crippen molar-refractivity contribution in [2.45, 2.75) is 100 Å². The molecule has 4 aromatic rings. The Hall–Kier alpha value is -3.17. The zero-order valence-corrected chi connectivity index (χ0v) is 36.7. The van der Waals surface area contributed by atoms with Crippen molar-refractivity contribution in [2.24, 2.45) is 0 Å². The molecule has 6 rings (SSSR count). The van der Waals surface area contributed by atoms with E-state index in [2.05, 4.69) is 135 Å². The number of hydrogen-bond donors (Lipinski definition) is 2. The van der Waals surface area contributed by atoms with Gasteiger partial charge in [0, 0.05) is 0 Å². The number of carbonyl (C=O) groups excluding carboxylic acids is 2. The molecule has 2 amide bonds. The van der Waals surface area contributed by atoms with Crippen molar-refractivity contribution in [2.75, 3.05) is 0 Å². The Morgan fingerprint density at radius 2 is 0.963 bits per heavy atom. The summed E-state index contributed by atoms with van der Waals surface area (Å²) in [5.74, 6) is -0.374. The Bertz CT molecular complexity index is 1980. The summed E-state index contributed by atoms with van der Waals surface area (Å²) < 4.78 is -1.68. The fraction of sp³-hybridized carbons (Fsp3) is 0.348. The summed E-state index contributed by atoms with van der Waals surface area (Å²) >= 11 is -5.96. The van der Waals surface area contributed by atoms with Gasteiger partial charge in [-0.1, -0.05) is 0 Å². The molecule has 0 heterocycles. The molecule has 8 heteroatoms. The van der Waals surface area contributed by atoms with Crippen LogP contribution in [0.2, 0.25) is 0 Å². The van der Waals surface area contributed by atoms with Gasteiger partial charge in [0.05, 0.1) is 0 Å². The van der Waals surface area contributed by atoms with Crippen molar-refractivity contribution in [1.82, 2.24) is 10.5 Å². The summed E-state index contributed by atoms with van der Waals surface area (Å²) in [5.41, 5.74) is 14.1. The Morgan fingerprint density at radius 1 is 0.574 bits per heavy atom. The molecule has 0 saturated heterocycles. The van der Waals surface area contributed by atoms with Crippen molar-refractivity contribution in [1.29, 1.82) is 0 Å². The van der Waals surface area contributed by atoms with Gasteiger partial charge in [0.15, 0.2) is 0 Å². The molecule has 2 N–H and O–H groups in total. The quantitative estimate of drug-likeness (QED) is 0.117. The summed E-state index contributed by atoms with van der Waals surface area (Å²) in [4.78, 5) is 27.3. The average Bonchev–Trinajstić information content (AvgIpc) is 3.77. The number of rotatable bonds is 15. The van der Waals surface area contributed by atoms with Crippen LogP contribution < -0.4 is 10.5 Å². The van der Waals surface area contributed by atoms with Crippen molar-refractivity contribution < 1.29 is 25.8 Å². The monoisotopic (exact) mass is 837 g/mol. The van der Waals surface area contributed by atoms with Crippen LogP contribution in [0.3, 0.4) is 0 Å². The number of aryl methyl sites for hydroxylation is 2. The fourth-order valence-electron chi connectivity index (χ4n) is 9.23. The van der Waals surface area contributed by atoms with E-state index in [1.807, 2.05) is 13.8 Å². The van der Waals surface area contributed by atoms with Crippen LogP contribution in [0, 0.1) is 0 Å². The maximum absolute atomic E-state index is 13.7. The van der Waals surface area contributed by atoms with Crippen molar-refractivity contribution >= 4 is 45.5 Å². The molecule has 4 aromatic carbocycles. The van der Waals surface area contributed by atoms with E-state index in [-0.39, 0.29) is 31.9 Å². The van der Waals surface area contributed by atoms with Gasteiger partial charge >= 0.3 is 334 Å². The summed E-state index contributed by atoms with van der Waals surface area (Å²) in [6.07, 6.45) is 10.4. The first-order chi connectivity index (χ1) is 26.0. The van der Waals surface area contributed by atoms with Crippen molar-refractivity contribution in [3.63, 3.8) is 0 Å². The summed E-state index contributed by atoms with van der Waals surface area (Å²) in [7, 11) is 17.7. The van der Waals surface area contributed by atoms with E-state index >= 15 is 0 Å². The third kappa shape index (κ3) is 7.17. The Labute approximate surface area is 331 Å². The second kappa shape index (κ2) is 16.9. The van der Waals surface area contributed by atoms with E-state index in [1.165, 1.54) is 33.4 Å². The summed E-state index contributed by atoms with van der Waals surface area (Å²) in [6, 6.07) is 30.3. The molecule has 2 aliphatic carbocycles. The molecule has 2 unspecified atom stereocenters. The van der Waals surface area contributed by atoms with Crippen molar-refractivity contribution in [3.8, 4) is 22.3 Å². The maximum atomic E-state index is 13.7. The molecule has 0 aromatic heterocycles. The number of nitrogens with one attached hydrogen (secondary N) is 2.